The zero-order valence-electron chi connectivity index (χ0n) is 12.9. The fourth-order valence-electron chi connectivity index (χ4n) is 2.83. The molecule has 7 heteroatoms. The maximum absolute atomic E-state index is 12.0. The van der Waals surface area contributed by atoms with Gasteiger partial charge >= 0.3 is 6.03 Å². The number of furan rings is 1. The average molecular weight is 336 g/mol. The van der Waals surface area contributed by atoms with Crippen LogP contribution in [0.4, 0.5) is 4.79 Å². The van der Waals surface area contributed by atoms with Crippen molar-refractivity contribution in [2.75, 3.05) is 12.3 Å². The average Bonchev–Trinajstić information content (AvgIpc) is 3.07. The Morgan fingerprint density at radius 2 is 2.17 bits per heavy atom. The van der Waals surface area contributed by atoms with E-state index in [2.05, 4.69) is 10.6 Å². The van der Waals surface area contributed by atoms with Gasteiger partial charge in [0.05, 0.1) is 17.0 Å². The van der Waals surface area contributed by atoms with E-state index in [4.69, 9.17) is 4.42 Å². The summed E-state index contributed by atoms with van der Waals surface area (Å²) in [7, 11) is -3.04. The standard InChI is InChI=1S/C16H20N2O4S/c1-11(15-9-12-5-2-3-7-14(12)22-15)18-16(19)17-10-13-6-4-8-23(13,20)21/h2-3,5,7,9,11,13H,4,6,8,10H2,1H3,(H2,17,18,19)/t11-,13?/m0/s1. The molecular weight excluding hydrogens is 316 g/mol. The lowest BCUT2D eigenvalue weighted by atomic mass is 10.2. The Bertz CT molecular complexity index is 779. The molecule has 1 aliphatic rings. The minimum atomic E-state index is -3.04. The Morgan fingerprint density at radius 1 is 1.39 bits per heavy atom. The predicted octanol–water partition coefficient (Wildman–Crippen LogP) is 2.37. The summed E-state index contributed by atoms with van der Waals surface area (Å²) in [6.07, 6.45) is 1.29. The molecule has 1 unspecified atom stereocenters. The number of carbonyl (C=O) groups is 1. The summed E-state index contributed by atoms with van der Waals surface area (Å²) in [5, 5.41) is 5.93. The Morgan fingerprint density at radius 3 is 2.87 bits per heavy atom. The second kappa shape index (κ2) is 6.23. The van der Waals surface area contributed by atoms with E-state index in [1.165, 1.54) is 0 Å². The number of urea groups is 1. The molecule has 3 rings (SSSR count). The van der Waals surface area contributed by atoms with Gasteiger partial charge in [0.1, 0.15) is 11.3 Å². The van der Waals surface area contributed by atoms with Gasteiger partial charge in [-0.25, -0.2) is 13.2 Å². The Kier molecular flexibility index (Phi) is 4.30. The van der Waals surface area contributed by atoms with Crippen molar-refractivity contribution in [1.29, 1.82) is 0 Å². The summed E-state index contributed by atoms with van der Waals surface area (Å²) in [5.41, 5.74) is 0.772. The molecule has 2 N–H and O–H groups in total. The van der Waals surface area contributed by atoms with Crippen LogP contribution in [-0.2, 0) is 9.84 Å². The van der Waals surface area contributed by atoms with E-state index >= 15 is 0 Å². The molecule has 2 amide bonds. The predicted molar refractivity (Wildman–Crippen MR) is 88.0 cm³/mol. The van der Waals surface area contributed by atoms with E-state index in [0.29, 0.717) is 18.6 Å². The number of amides is 2. The third-order valence-corrected chi connectivity index (χ3v) is 6.45. The first kappa shape index (κ1) is 15.9. The molecule has 6 nitrogen and oxygen atoms in total. The lowest BCUT2D eigenvalue weighted by molar-refractivity contribution is 0.236. The molecule has 0 spiro atoms. The van der Waals surface area contributed by atoms with Gasteiger partial charge in [-0.05, 0) is 31.9 Å². The van der Waals surface area contributed by atoms with Gasteiger partial charge < -0.3 is 15.1 Å². The molecule has 1 saturated heterocycles. The van der Waals surface area contributed by atoms with Gasteiger partial charge in [0.15, 0.2) is 9.84 Å². The Hall–Kier alpha value is -2.02. The maximum Gasteiger partial charge on any atom is 0.315 e. The van der Waals surface area contributed by atoms with E-state index < -0.39 is 15.1 Å². The molecule has 0 bridgehead atoms. The molecular formula is C16H20N2O4S. The Labute approximate surface area is 135 Å². The van der Waals surface area contributed by atoms with Crippen LogP contribution in [0.1, 0.15) is 31.6 Å². The van der Waals surface area contributed by atoms with Crippen molar-refractivity contribution in [1.82, 2.24) is 10.6 Å². The smallest absolute Gasteiger partial charge is 0.315 e. The van der Waals surface area contributed by atoms with Crippen LogP contribution in [0.5, 0.6) is 0 Å². The largest absolute Gasteiger partial charge is 0.459 e. The van der Waals surface area contributed by atoms with E-state index in [0.717, 1.165) is 11.0 Å². The van der Waals surface area contributed by atoms with Crippen molar-refractivity contribution in [3.05, 3.63) is 36.1 Å². The van der Waals surface area contributed by atoms with Crippen molar-refractivity contribution in [3.63, 3.8) is 0 Å². The van der Waals surface area contributed by atoms with E-state index in [9.17, 15) is 13.2 Å². The van der Waals surface area contributed by atoms with Crippen LogP contribution in [0, 0.1) is 0 Å². The van der Waals surface area contributed by atoms with Gasteiger partial charge in [-0.15, -0.1) is 0 Å². The van der Waals surface area contributed by atoms with Crippen molar-refractivity contribution >= 4 is 26.8 Å². The molecule has 1 aromatic carbocycles. The van der Waals surface area contributed by atoms with Gasteiger partial charge in [-0.2, -0.15) is 0 Å². The normalized spacial score (nSPS) is 21.2. The number of para-hydroxylation sites is 1. The highest BCUT2D eigenvalue weighted by Crippen LogP contribution is 2.23. The van der Waals surface area contributed by atoms with Crippen molar-refractivity contribution < 1.29 is 17.6 Å². The van der Waals surface area contributed by atoms with Crippen LogP contribution >= 0.6 is 0 Å². The summed E-state index contributed by atoms with van der Waals surface area (Å²) in [4.78, 5) is 12.0. The number of hydrogen-bond acceptors (Lipinski definition) is 4. The quantitative estimate of drug-likeness (QED) is 0.897. The molecule has 0 radical (unpaired) electrons. The zero-order valence-corrected chi connectivity index (χ0v) is 13.7. The molecule has 0 saturated carbocycles. The summed E-state index contributed by atoms with van der Waals surface area (Å²) in [6, 6.07) is 8.83. The fraction of sp³-hybridized carbons (Fsp3) is 0.438. The van der Waals surface area contributed by atoms with Gasteiger partial charge in [0, 0.05) is 11.9 Å². The molecule has 1 aromatic heterocycles. The second-order valence-corrected chi connectivity index (χ2v) is 8.29. The monoisotopic (exact) mass is 336 g/mol. The lowest BCUT2D eigenvalue weighted by Crippen LogP contribution is -2.41. The molecule has 2 aromatic rings. The third-order valence-electron chi connectivity index (χ3n) is 4.17. The summed E-state index contributed by atoms with van der Waals surface area (Å²) in [6.45, 7) is 1.98. The van der Waals surface area contributed by atoms with E-state index in [1.54, 1.807) is 0 Å². The molecule has 2 heterocycles. The number of sulfone groups is 1. The van der Waals surface area contributed by atoms with Crippen LogP contribution in [-0.4, -0.2) is 32.0 Å². The Balaban J connectivity index is 1.57. The first-order chi connectivity index (χ1) is 11.0. The number of fused-ring (bicyclic) bond motifs is 1. The van der Waals surface area contributed by atoms with Gasteiger partial charge in [0.2, 0.25) is 0 Å². The second-order valence-electron chi connectivity index (χ2n) is 5.89. The van der Waals surface area contributed by atoms with Gasteiger partial charge in [-0.1, -0.05) is 18.2 Å². The van der Waals surface area contributed by atoms with Gasteiger partial charge in [0.25, 0.3) is 0 Å². The van der Waals surface area contributed by atoms with E-state index in [1.807, 2.05) is 37.3 Å². The molecule has 1 fully saturated rings. The zero-order chi connectivity index (χ0) is 16.4. The van der Waals surface area contributed by atoms with Crippen molar-refractivity contribution in [2.24, 2.45) is 0 Å². The van der Waals surface area contributed by atoms with E-state index in [-0.39, 0.29) is 24.4 Å². The highest BCUT2D eigenvalue weighted by Gasteiger charge is 2.31. The van der Waals surface area contributed by atoms with Gasteiger partial charge in [-0.3, -0.25) is 0 Å². The fourth-order valence-corrected chi connectivity index (χ4v) is 4.59. The lowest BCUT2D eigenvalue weighted by Gasteiger charge is -2.14. The maximum atomic E-state index is 12.0. The molecule has 1 aliphatic heterocycles. The molecule has 2 atom stereocenters. The summed E-state index contributed by atoms with van der Waals surface area (Å²) >= 11 is 0. The number of benzene rings is 1. The minimum Gasteiger partial charge on any atom is -0.459 e. The van der Waals surface area contributed by atoms with Crippen LogP contribution in [0.25, 0.3) is 11.0 Å². The topological polar surface area (TPSA) is 88.4 Å². The van der Waals surface area contributed by atoms with Crippen LogP contribution in [0.2, 0.25) is 0 Å². The molecule has 0 aliphatic carbocycles. The van der Waals surface area contributed by atoms with Crippen LogP contribution < -0.4 is 10.6 Å². The SMILES string of the molecule is C[C@H](NC(=O)NCC1CCCS1(=O)=O)c1cc2ccccc2o1. The van der Waals surface area contributed by atoms with Crippen molar-refractivity contribution in [3.8, 4) is 0 Å². The molecule has 23 heavy (non-hydrogen) atoms. The number of hydrogen-bond donors (Lipinski definition) is 2. The first-order valence-corrected chi connectivity index (χ1v) is 9.41. The summed E-state index contributed by atoms with van der Waals surface area (Å²) < 4.78 is 29.2. The number of rotatable bonds is 4. The number of carbonyl (C=O) groups excluding carboxylic acids is 1. The van der Waals surface area contributed by atoms with Crippen LogP contribution in [0.3, 0.4) is 0 Å². The number of nitrogens with one attached hydrogen (secondary N) is 2. The third kappa shape index (κ3) is 3.50. The van der Waals surface area contributed by atoms with Crippen LogP contribution in [0.15, 0.2) is 34.7 Å². The highest BCUT2D eigenvalue weighted by molar-refractivity contribution is 7.92. The summed E-state index contributed by atoms with van der Waals surface area (Å²) in [5.74, 6) is 0.880. The molecule has 124 valence electrons. The highest BCUT2D eigenvalue weighted by atomic mass is 32.2. The van der Waals surface area contributed by atoms with Crippen molar-refractivity contribution in [2.45, 2.75) is 31.1 Å². The minimum absolute atomic E-state index is 0.154. The first-order valence-electron chi connectivity index (χ1n) is 7.70.